The van der Waals surface area contributed by atoms with Crippen LogP contribution in [-0.4, -0.2) is 27.6 Å². The number of halogens is 1. The molecule has 27 heavy (non-hydrogen) atoms. The largest absolute Gasteiger partial charge is 0.387 e. The maximum absolute atomic E-state index is 11.3. The first kappa shape index (κ1) is 17.1. The number of nitrogens with zero attached hydrogens (tertiary/aromatic N) is 3. The molecule has 1 saturated heterocycles. The van der Waals surface area contributed by atoms with Crippen LogP contribution in [0.3, 0.4) is 0 Å². The van der Waals surface area contributed by atoms with Crippen molar-refractivity contribution in [3.05, 3.63) is 65.2 Å². The van der Waals surface area contributed by atoms with Gasteiger partial charge in [0.15, 0.2) is 0 Å². The summed E-state index contributed by atoms with van der Waals surface area (Å²) < 4.78 is 2.10. The van der Waals surface area contributed by atoms with E-state index in [4.69, 9.17) is 11.6 Å². The molecule has 2 fully saturated rings. The standard InChI is InChI=1S/C22H24ClN3O/c23-17-3-5-18(6-4-17)25-11-9-16(10-12-25)22(27)21-20(15-1-2-15)8-7-19-13-24-14-26(19)21/h3-8,13-16,22,27H,1-2,9-12H2/t22-/m0/s1. The number of pyridine rings is 1. The lowest BCUT2D eigenvalue weighted by Gasteiger charge is -2.36. The molecule has 2 aliphatic rings. The number of fused-ring (bicyclic) bond motifs is 1. The lowest BCUT2D eigenvalue weighted by molar-refractivity contribution is 0.0871. The van der Waals surface area contributed by atoms with Gasteiger partial charge in [-0.1, -0.05) is 17.7 Å². The van der Waals surface area contributed by atoms with Crippen LogP contribution in [0.4, 0.5) is 5.69 Å². The summed E-state index contributed by atoms with van der Waals surface area (Å²) in [5, 5.41) is 12.1. The summed E-state index contributed by atoms with van der Waals surface area (Å²) >= 11 is 6.01. The summed E-state index contributed by atoms with van der Waals surface area (Å²) in [7, 11) is 0. The third kappa shape index (κ3) is 3.21. The molecule has 5 rings (SSSR count). The maximum Gasteiger partial charge on any atom is 0.0995 e. The van der Waals surface area contributed by atoms with Crippen LogP contribution in [0, 0.1) is 5.92 Å². The fourth-order valence-electron chi connectivity index (χ4n) is 4.43. The molecule has 1 atom stereocenters. The highest BCUT2D eigenvalue weighted by Crippen LogP contribution is 2.45. The van der Waals surface area contributed by atoms with E-state index < -0.39 is 6.10 Å². The number of aromatic nitrogens is 2. The Morgan fingerprint density at radius 3 is 2.44 bits per heavy atom. The highest BCUT2D eigenvalue weighted by atomic mass is 35.5. The quantitative estimate of drug-likeness (QED) is 0.704. The van der Waals surface area contributed by atoms with Gasteiger partial charge >= 0.3 is 0 Å². The first-order chi connectivity index (χ1) is 13.2. The van der Waals surface area contributed by atoms with E-state index in [-0.39, 0.29) is 5.92 Å². The van der Waals surface area contributed by atoms with Gasteiger partial charge in [0, 0.05) is 23.8 Å². The molecule has 1 aliphatic carbocycles. The number of hydrogen-bond acceptors (Lipinski definition) is 3. The molecule has 0 spiro atoms. The first-order valence-electron chi connectivity index (χ1n) is 9.84. The molecule has 0 bridgehead atoms. The molecule has 140 valence electrons. The normalized spacial score (nSPS) is 19.6. The molecule has 4 nitrogen and oxygen atoms in total. The summed E-state index contributed by atoms with van der Waals surface area (Å²) in [5.41, 5.74) is 4.65. The molecular weight excluding hydrogens is 358 g/mol. The Morgan fingerprint density at radius 1 is 1.00 bits per heavy atom. The summed E-state index contributed by atoms with van der Waals surface area (Å²) in [4.78, 5) is 6.69. The number of piperidine rings is 1. The van der Waals surface area contributed by atoms with Crippen molar-refractivity contribution in [1.29, 1.82) is 0 Å². The second-order valence-corrected chi connectivity index (χ2v) is 8.32. The van der Waals surface area contributed by atoms with Crippen LogP contribution in [-0.2, 0) is 0 Å². The summed E-state index contributed by atoms with van der Waals surface area (Å²) in [6, 6.07) is 12.4. The molecule has 1 aromatic carbocycles. The monoisotopic (exact) mass is 381 g/mol. The van der Waals surface area contributed by atoms with Gasteiger partial charge in [-0.15, -0.1) is 0 Å². The van der Waals surface area contributed by atoms with Crippen LogP contribution in [0.15, 0.2) is 48.9 Å². The third-order valence-corrected chi connectivity index (χ3v) is 6.38. The number of hydrogen-bond donors (Lipinski definition) is 1. The van der Waals surface area contributed by atoms with Crippen molar-refractivity contribution >= 4 is 22.8 Å². The number of aliphatic hydroxyl groups excluding tert-OH is 1. The Kier molecular flexibility index (Phi) is 4.33. The Bertz CT molecular complexity index is 940. The molecule has 1 N–H and O–H groups in total. The Balaban J connectivity index is 1.37. The lowest BCUT2D eigenvalue weighted by Crippen LogP contribution is -2.36. The second kappa shape index (κ2) is 6.84. The van der Waals surface area contributed by atoms with Crippen LogP contribution in [0.2, 0.25) is 5.02 Å². The molecule has 1 saturated carbocycles. The van der Waals surface area contributed by atoms with Gasteiger partial charge in [-0.2, -0.15) is 0 Å². The molecule has 3 aromatic rings. The van der Waals surface area contributed by atoms with E-state index in [1.165, 1.54) is 24.1 Å². The van der Waals surface area contributed by atoms with E-state index in [2.05, 4.69) is 38.6 Å². The van der Waals surface area contributed by atoms with Gasteiger partial charge < -0.3 is 14.4 Å². The molecule has 5 heteroatoms. The minimum Gasteiger partial charge on any atom is -0.387 e. The van der Waals surface area contributed by atoms with Crippen molar-refractivity contribution in [3.63, 3.8) is 0 Å². The van der Waals surface area contributed by atoms with E-state index in [1.54, 1.807) is 0 Å². The maximum atomic E-state index is 11.3. The summed E-state index contributed by atoms with van der Waals surface area (Å²) in [5.74, 6) is 0.884. The summed E-state index contributed by atoms with van der Waals surface area (Å²) in [6.07, 6.45) is 7.71. The minimum absolute atomic E-state index is 0.277. The number of aliphatic hydroxyl groups is 1. The van der Waals surface area contributed by atoms with E-state index in [0.717, 1.165) is 42.2 Å². The zero-order valence-electron chi connectivity index (χ0n) is 15.3. The Hall–Kier alpha value is -2.04. The molecule has 0 unspecified atom stereocenters. The molecule has 0 amide bonds. The lowest BCUT2D eigenvalue weighted by atomic mass is 9.87. The van der Waals surface area contributed by atoms with Crippen molar-refractivity contribution in [2.24, 2.45) is 5.92 Å². The van der Waals surface area contributed by atoms with E-state index >= 15 is 0 Å². The van der Waals surface area contributed by atoms with Gasteiger partial charge in [0.25, 0.3) is 0 Å². The minimum atomic E-state index is -0.439. The average Bonchev–Trinajstić information content (AvgIpc) is 3.44. The highest BCUT2D eigenvalue weighted by Gasteiger charge is 2.34. The van der Waals surface area contributed by atoms with Crippen molar-refractivity contribution in [2.45, 2.75) is 37.7 Å². The fourth-order valence-corrected chi connectivity index (χ4v) is 4.56. The van der Waals surface area contributed by atoms with Gasteiger partial charge in [0.1, 0.15) is 0 Å². The highest BCUT2D eigenvalue weighted by molar-refractivity contribution is 6.30. The zero-order chi connectivity index (χ0) is 18.4. The molecule has 3 heterocycles. The smallest absolute Gasteiger partial charge is 0.0995 e. The van der Waals surface area contributed by atoms with Gasteiger partial charge in [0.2, 0.25) is 0 Å². The van der Waals surface area contributed by atoms with Gasteiger partial charge in [0.05, 0.1) is 29.8 Å². The molecular formula is C22H24ClN3O. The zero-order valence-corrected chi connectivity index (χ0v) is 16.0. The van der Waals surface area contributed by atoms with E-state index in [0.29, 0.717) is 5.92 Å². The van der Waals surface area contributed by atoms with Gasteiger partial charge in [-0.3, -0.25) is 0 Å². The summed E-state index contributed by atoms with van der Waals surface area (Å²) in [6.45, 7) is 1.92. The van der Waals surface area contributed by atoms with Crippen molar-refractivity contribution in [3.8, 4) is 0 Å². The average molecular weight is 382 g/mol. The second-order valence-electron chi connectivity index (χ2n) is 7.88. The topological polar surface area (TPSA) is 40.8 Å². The van der Waals surface area contributed by atoms with Crippen molar-refractivity contribution in [1.82, 2.24) is 9.38 Å². The fraction of sp³-hybridized carbons (Fsp3) is 0.409. The van der Waals surface area contributed by atoms with Crippen molar-refractivity contribution < 1.29 is 5.11 Å². The van der Waals surface area contributed by atoms with Gasteiger partial charge in [-0.25, -0.2) is 4.98 Å². The molecule has 0 radical (unpaired) electrons. The van der Waals surface area contributed by atoms with Crippen LogP contribution < -0.4 is 4.90 Å². The Labute approximate surface area is 164 Å². The Morgan fingerprint density at radius 2 is 1.74 bits per heavy atom. The van der Waals surface area contributed by atoms with Crippen LogP contribution in [0.25, 0.3) is 5.52 Å². The van der Waals surface area contributed by atoms with E-state index in [1.807, 2.05) is 24.7 Å². The molecule has 2 aromatic heterocycles. The number of imidazole rings is 1. The number of anilines is 1. The number of benzene rings is 1. The third-order valence-electron chi connectivity index (χ3n) is 6.13. The van der Waals surface area contributed by atoms with Crippen LogP contribution in [0.5, 0.6) is 0 Å². The van der Waals surface area contributed by atoms with Gasteiger partial charge in [-0.05, 0) is 73.4 Å². The van der Waals surface area contributed by atoms with Crippen LogP contribution >= 0.6 is 11.6 Å². The predicted molar refractivity (Wildman–Crippen MR) is 109 cm³/mol. The van der Waals surface area contributed by atoms with Crippen LogP contribution in [0.1, 0.15) is 49.0 Å². The number of rotatable bonds is 4. The SMILES string of the molecule is O[C@H](c1c(C2CC2)ccc2cncn12)C1CCN(c2ccc(Cl)cc2)CC1. The van der Waals surface area contributed by atoms with Crippen molar-refractivity contribution in [2.75, 3.05) is 18.0 Å². The van der Waals surface area contributed by atoms with E-state index in [9.17, 15) is 5.11 Å². The first-order valence-corrected chi connectivity index (χ1v) is 10.2. The predicted octanol–water partition coefficient (Wildman–Crippen LogP) is 4.82. The molecule has 1 aliphatic heterocycles.